The summed E-state index contributed by atoms with van der Waals surface area (Å²) < 4.78 is 5.27. The summed E-state index contributed by atoms with van der Waals surface area (Å²) in [7, 11) is 0. The number of nitro groups is 1. The van der Waals surface area contributed by atoms with Gasteiger partial charge in [0.15, 0.2) is 5.56 Å². The maximum atomic E-state index is 12.4. The molecule has 1 heterocycles. The first-order chi connectivity index (χ1) is 9.95. The minimum Gasteiger partial charge on any atom is -0.493 e. The zero-order valence-electron chi connectivity index (χ0n) is 11.3. The van der Waals surface area contributed by atoms with E-state index >= 15 is 0 Å². The van der Waals surface area contributed by atoms with Gasteiger partial charge in [-0.05, 0) is 13.0 Å². The van der Waals surface area contributed by atoms with Gasteiger partial charge in [-0.15, -0.1) is 0 Å². The number of likely N-dealkylation sites (tertiary alicyclic amines) is 1. The number of hydrogen-bond acceptors (Lipinski definition) is 5. The lowest BCUT2D eigenvalue weighted by molar-refractivity contribution is -0.385. The van der Waals surface area contributed by atoms with Crippen molar-refractivity contribution >= 4 is 17.6 Å². The summed E-state index contributed by atoms with van der Waals surface area (Å²) in [5.41, 5.74) is -0.474. The molecule has 1 saturated heterocycles. The van der Waals surface area contributed by atoms with Gasteiger partial charge in [0, 0.05) is 19.2 Å². The molecule has 0 spiro atoms. The first-order valence-electron chi connectivity index (χ1n) is 6.38. The van der Waals surface area contributed by atoms with E-state index in [1.807, 2.05) is 0 Å². The lowest BCUT2D eigenvalue weighted by Gasteiger charge is -2.36. The van der Waals surface area contributed by atoms with E-state index in [-0.39, 0.29) is 36.7 Å². The van der Waals surface area contributed by atoms with Crippen molar-refractivity contribution in [2.75, 3.05) is 19.7 Å². The van der Waals surface area contributed by atoms with Gasteiger partial charge < -0.3 is 14.7 Å². The molecule has 0 radical (unpaired) electrons. The number of carboxylic acid groups (broad SMARTS) is 1. The minimum atomic E-state index is -0.980. The molecule has 0 atom stereocenters. The number of amides is 1. The molecule has 0 saturated carbocycles. The fourth-order valence-corrected chi connectivity index (χ4v) is 2.12. The third kappa shape index (κ3) is 2.78. The van der Waals surface area contributed by atoms with E-state index in [9.17, 15) is 19.7 Å². The molecule has 0 unspecified atom stereocenters. The Hall–Kier alpha value is -2.64. The highest BCUT2D eigenvalue weighted by molar-refractivity contribution is 6.01. The van der Waals surface area contributed by atoms with E-state index in [1.54, 1.807) is 6.92 Å². The Morgan fingerprint density at radius 2 is 2.14 bits per heavy atom. The molecule has 112 valence electrons. The number of hydrogen-bond donors (Lipinski definition) is 1. The average molecular weight is 294 g/mol. The van der Waals surface area contributed by atoms with Crippen molar-refractivity contribution in [1.29, 1.82) is 0 Å². The van der Waals surface area contributed by atoms with Gasteiger partial charge >= 0.3 is 5.97 Å². The quantitative estimate of drug-likeness (QED) is 0.644. The van der Waals surface area contributed by atoms with E-state index in [0.29, 0.717) is 0 Å². The molecule has 1 fully saturated rings. The van der Waals surface area contributed by atoms with Crippen LogP contribution in [-0.4, -0.2) is 46.5 Å². The average Bonchev–Trinajstić information content (AvgIpc) is 2.36. The van der Waals surface area contributed by atoms with E-state index in [2.05, 4.69) is 0 Å². The largest absolute Gasteiger partial charge is 0.493 e. The monoisotopic (exact) mass is 294 g/mol. The second kappa shape index (κ2) is 5.78. The normalized spacial score (nSPS) is 14.4. The second-order valence-electron chi connectivity index (χ2n) is 4.59. The lowest BCUT2D eigenvalue weighted by atomic mass is 9.98. The van der Waals surface area contributed by atoms with E-state index in [1.165, 1.54) is 23.1 Å². The van der Waals surface area contributed by atoms with Crippen molar-refractivity contribution in [1.82, 2.24) is 4.90 Å². The van der Waals surface area contributed by atoms with Crippen LogP contribution in [0.5, 0.6) is 5.75 Å². The van der Waals surface area contributed by atoms with Crippen molar-refractivity contribution in [2.24, 2.45) is 5.92 Å². The molecule has 1 N–H and O–H groups in total. The summed E-state index contributed by atoms with van der Waals surface area (Å²) in [5.74, 6) is -2.04. The third-order valence-electron chi connectivity index (χ3n) is 3.23. The second-order valence-corrected chi connectivity index (χ2v) is 4.59. The zero-order chi connectivity index (χ0) is 15.6. The zero-order valence-corrected chi connectivity index (χ0v) is 11.3. The molecule has 1 aromatic carbocycles. The summed E-state index contributed by atoms with van der Waals surface area (Å²) in [6.07, 6.45) is 0. The number of aliphatic carboxylic acids is 1. The van der Waals surface area contributed by atoms with E-state index < -0.39 is 22.7 Å². The van der Waals surface area contributed by atoms with Crippen LogP contribution in [0.15, 0.2) is 18.2 Å². The van der Waals surface area contributed by atoms with Crippen molar-refractivity contribution in [3.8, 4) is 5.75 Å². The molecular weight excluding hydrogens is 280 g/mol. The molecule has 21 heavy (non-hydrogen) atoms. The Bertz CT molecular complexity index is 594. The fourth-order valence-electron chi connectivity index (χ4n) is 2.12. The number of rotatable bonds is 5. The highest BCUT2D eigenvalue weighted by atomic mass is 16.6. The molecule has 1 aliphatic heterocycles. The molecule has 8 nitrogen and oxygen atoms in total. The predicted molar refractivity (Wildman–Crippen MR) is 71.3 cm³/mol. The number of nitro benzene ring substituents is 1. The van der Waals surface area contributed by atoms with Crippen molar-refractivity contribution in [3.63, 3.8) is 0 Å². The Morgan fingerprint density at radius 3 is 2.67 bits per heavy atom. The molecule has 0 aliphatic carbocycles. The molecule has 1 aliphatic rings. The van der Waals surface area contributed by atoms with Gasteiger partial charge in [0.1, 0.15) is 5.75 Å². The number of carbonyl (C=O) groups is 2. The molecule has 1 aromatic rings. The predicted octanol–water partition coefficient (Wildman–Crippen LogP) is 1.15. The summed E-state index contributed by atoms with van der Waals surface area (Å²) in [6, 6.07) is 4.15. The number of carbonyl (C=O) groups excluding carboxylic acids is 1. The van der Waals surface area contributed by atoms with Crippen LogP contribution < -0.4 is 4.74 Å². The van der Waals surface area contributed by atoms with Crippen LogP contribution in [-0.2, 0) is 4.79 Å². The fraction of sp³-hybridized carbons (Fsp3) is 0.385. The van der Waals surface area contributed by atoms with Gasteiger partial charge in [-0.1, -0.05) is 6.07 Å². The molecule has 0 bridgehead atoms. The van der Waals surface area contributed by atoms with Crippen molar-refractivity contribution < 1.29 is 24.4 Å². The van der Waals surface area contributed by atoms with Gasteiger partial charge in [0.2, 0.25) is 0 Å². The molecule has 8 heteroatoms. The first kappa shape index (κ1) is 14.8. The Balaban J connectivity index is 2.31. The van der Waals surface area contributed by atoms with Crippen LogP contribution in [0.1, 0.15) is 17.3 Å². The van der Waals surface area contributed by atoms with Gasteiger partial charge in [0.25, 0.3) is 11.6 Å². The maximum Gasteiger partial charge on any atom is 0.310 e. The summed E-state index contributed by atoms with van der Waals surface area (Å²) in [5, 5.41) is 19.9. The topological polar surface area (TPSA) is 110 Å². The van der Waals surface area contributed by atoms with Crippen LogP contribution in [0.2, 0.25) is 0 Å². The van der Waals surface area contributed by atoms with Gasteiger partial charge in [-0.2, -0.15) is 0 Å². The van der Waals surface area contributed by atoms with Crippen LogP contribution >= 0.6 is 0 Å². The van der Waals surface area contributed by atoms with E-state index in [4.69, 9.17) is 9.84 Å². The van der Waals surface area contributed by atoms with Crippen molar-refractivity contribution in [2.45, 2.75) is 6.92 Å². The SMILES string of the molecule is CCOc1cccc([N+](=O)[O-])c1C(=O)N1CC(C(=O)O)C1. The highest BCUT2D eigenvalue weighted by Crippen LogP contribution is 2.31. The Labute approximate surface area is 120 Å². The van der Waals surface area contributed by atoms with Crippen LogP contribution in [0.25, 0.3) is 0 Å². The maximum absolute atomic E-state index is 12.4. The molecule has 0 aromatic heterocycles. The van der Waals surface area contributed by atoms with Crippen molar-refractivity contribution in [3.05, 3.63) is 33.9 Å². The number of ether oxygens (including phenoxy) is 1. The van der Waals surface area contributed by atoms with E-state index in [0.717, 1.165) is 0 Å². The summed E-state index contributed by atoms with van der Waals surface area (Å²) >= 11 is 0. The first-order valence-corrected chi connectivity index (χ1v) is 6.38. The molecular formula is C13H14N2O6. The minimum absolute atomic E-state index is 0.0474. The standard InChI is InChI=1S/C13H14N2O6/c1-2-21-10-5-3-4-9(15(19)20)11(10)12(16)14-6-8(7-14)13(17)18/h3-5,8H,2,6-7H2,1H3,(H,17,18). The van der Waals surface area contributed by atoms with Gasteiger partial charge in [0.05, 0.1) is 17.4 Å². The number of nitrogens with zero attached hydrogens (tertiary/aromatic N) is 2. The van der Waals surface area contributed by atoms with Gasteiger partial charge in [-0.25, -0.2) is 0 Å². The van der Waals surface area contributed by atoms with Crippen LogP contribution in [0.3, 0.4) is 0 Å². The van der Waals surface area contributed by atoms with Crippen LogP contribution in [0.4, 0.5) is 5.69 Å². The van der Waals surface area contributed by atoms with Crippen LogP contribution in [0, 0.1) is 16.0 Å². The molecule has 2 rings (SSSR count). The highest BCUT2D eigenvalue weighted by Gasteiger charge is 2.39. The number of carboxylic acids is 1. The summed E-state index contributed by atoms with van der Waals surface area (Å²) in [4.78, 5) is 34.8. The lowest BCUT2D eigenvalue weighted by Crippen LogP contribution is -2.53. The van der Waals surface area contributed by atoms with Gasteiger partial charge in [-0.3, -0.25) is 19.7 Å². The molecule has 1 amide bonds. The third-order valence-corrected chi connectivity index (χ3v) is 3.23. The Morgan fingerprint density at radius 1 is 1.48 bits per heavy atom. The smallest absolute Gasteiger partial charge is 0.310 e. The summed E-state index contributed by atoms with van der Waals surface area (Å²) in [6.45, 7) is 2.06. The number of benzene rings is 1. The Kier molecular flexibility index (Phi) is 4.06.